The minimum Gasteiger partial charge on any atom is -0.354 e. The van der Waals surface area contributed by atoms with Gasteiger partial charge < -0.3 is 5.32 Å². The molecule has 3 nitrogen and oxygen atoms in total. The van der Waals surface area contributed by atoms with E-state index in [4.69, 9.17) is 0 Å². The number of hydrogen-bond acceptors (Lipinski definition) is 3. The minimum atomic E-state index is -0.414. The van der Waals surface area contributed by atoms with Crippen LogP contribution in [0, 0.1) is 5.82 Å². The molecule has 1 N–H and O–H groups in total. The zero-order valence-corrected chi connectivity index (χ0v) is 9.59. The number of nitrogens with zero attached hydrogens (tertiary/aromatic N) is 2. The molecule has 0 aliphatic carbocycles. The third kappa shape index (κ3) is 4.00. The summed E-state index contributed by atoms with van der Waals surface area (Å²) in [7, 11) is 0. The maximum Gasteiger partial charge on any atom is 0.222 e. The van der Waals surface area contributed by atoms with Crippen LogP contribution in [0.5, 0.6) is 0 Å². The molecule has 5 heteroatoms. The van der Waals surface area contributed by atoms with E-state index in [0.29, 0.717) is 10.8 Å². The van der Waals surface area contributed by atoms with E-state index >= 15 is 0 Å². The topological polar surface area (TPSA) is 37.8 Å². The van der Waals surface area contributed by atoms with Crippen molar-refractivity contribution in [2.45, 2.75) is 24.6 Å². The molecule has 0 aromatic carbocycles. The second-order valence-corrected chi connectivity index (χ2v) is 4.24. The van der Waals surface area contributed by atoms with Crippen LogP contribution in [0.3, 0.4) is 0 Å². The van der Waals surface area contributed by atoms with Gasteiger partial charge in [0.1, 0.15) is 0 Å². The molecule has 0 aliphatic heterocycles. The highest BCUT2D eigenvalue weighted by molar-refractivity contribution is 9.09. The SMILES string of the molecule is CCC(Br)CCNc1ncc(F)cn1. The van der Waals surface area contributed by atoms with E-state index in [9.17, 15) is 4.39 Å². The lowest BCUT2D eigenvalue weighted by Crippen LogP contribution is -2.09. The first-order valence-electron chi connectivity index (χ1n) is 4.58. The Labute approximate surface area is 91.3 Å². The fourth-order valence-corrected chi connectivity index (χ4v) is 1.18. The molecule has 0 amide bonds. The van der Waals surface area contributed by atoms with Crippen molar-refractivity contribution in [3.63, 3.8) is 0 Å². The van der Waals surface area contributed by atoms with Crippen LogP contribution in [0.2, 0.25) is 0 Å². The van der Waals surface area contributed by atoms with Gasteiger partial charge in [0.05, 0.1) is 12.4 Å². The molecule has 1 heterocycles. The molecule has 1 aromatic heterocycles. The van der Waals surface area contributed by atoms with E-state index in [2.05, 4.69) is 38.1 Å². The Kier molecular flexibility index (Phi) is 4.79. The van der Waals surface area contributed by atoms with Crippen LogP contribution in [0.25, 0.3) is 0 Å². The molecule has 1 unspecified atom stereocenters. The number of rotatable bonds is 5. The van der Waals surface area contributed by atoms with E-state index in [0.717, 1.165) is 31.8 Å². The van der Waals surface area contributed by atoms with Gasteiger partial charge in [0.25, 0.3) is 0 Å². The maximum atomic E-state index is 12.4. The van der Waals surface area contributed by atoms with E-state index < -0.39 is 5.82 Å². The fourth-order valence-electron chi connectivity index (χ4n) is 0.948. The quantitative estimate of drug-likeness (QED) is 0.829. The summed E-state index contributed by atoms with van der Waals surface area (Å²) in [6, 6.07) is 0. The van der Waals surface area contributed by atoms with Crippen molar-refractivity contribution in [1.82, 2.24) is 9.97 Å². The van der Waals surface area contributed by atoms with Gasteiger partial charge in [0.2, 0.25) is 5.95 Å². The molecule has 0 saturated carbocycles. The largest absolute Gasteiger partial charge is 0.354 e. The molecular weight excluding hydrogens is 249 g/mol. The molecule has 0 radical (unpaired) electrons. The number of alkyl halides is 1. The van der Waals surface area contributed by atoms with E-state index in [1.807, 2.05) is 0 Å². The molecule has 0 spiro atoms. The Hall–Kier alpha value is -0.710. The number of anilines is 1. The van der Waals surface area contributed by atoms with Gasteiger partial charge in [0, 0.05) is 11.4 Å². The predicted octanol–water partition coefficient (Wildman–Crippen LogP) is 2.59. The van der Waals surface area contributed by atoms with Crippen LogP contribution < -0.4 is 5.32 Å². The summed E-state index contributed by atoms with van der Waals surface area (Å²) >= 11 is 3.52. The van der Waals surface area contributed by atoms with Gasteiger partial charge >= 0.3 is 0 Å². The Bertz CT molecular complexity index is 265. The molecule has 1 aromatic rings. The first-order chi connectivity index (χ1) is 6.72. The van der Waals surface area contributed by atoms with Crippen LogP contribution in [0.1, 0.15) is 19.8 Å². The normalized spacial score (nSPS) is 12.5. The van der Waals surface area contributed by atoms with Crippen LogP contribution in [0.4, 0.5) is 10.3 Å². The van der Waals surface area contributed by atoms with Crippen molar-refractivity contribution in [3.05, 3.63) is 18.2 Å². The summed E-state index contributed by atoms with van der Waals surface area (Å²) in [6.07, 6.45) is 4.39. The van der Waals surface area contributed by atoms with Crippen molar-refractivity contribution < 1.29 is 4.39 Å². The summed E-state index contributed by atoms with van der Waals surface area (Å²) in [5.41, 5.74) is 0. The zero-order chi connectivity index (χ0) is 10.4. The van der Waals surface area contributed by atoms with E-state index in [1.165, 1.54) is 0 Å². The summed E-state index contributed by atoms with van der Waals surface area (Å²) in [6.45, 7) is 2.91. The van der Waals surface area contributed by atoms with E-state index in [1.54, 1.807) is 0 Å². The van der Waals surface area contributed by atoms with Crippen molar-refractivity contribution in [3.8, 4) is 0 Å². The molecule has 0 bridgehead atoms. The lowest BCUT2D eigenvalue weighted by atomic mass is 10.2. The Morgan fingerprint density at radius 1 is 1.50 bits per heavy atom. The maximum absolute atomic E-state index is 12.4. The van der Waals surface area contributed by atoms with Crippen molar-refractivity contribution >= 4 is 21.9 Å². The predicted molar refractivity (Wildman–Crippen MR) is 58.1 cm³/mol. The summed E-state index contributed by atoms with van der Waals surface area (Å²) in [4.78, 5) is 8.09. The van der Waals surface area contributed by atoms with Gasteiger partial charge in [-0.15, -0.1) is 0 Å². The van der Waals surface area contributed by atoms with Crippen LogP contribution in [-0.4, -0.2) is 21.3 Å². The van der Waals surface area contributed by atoms with Gasteiger partial charge in [-0.25, -0.2) is 14.4 Å². The van der Waals surface area contributed by atoms with E-state index in [-0.39, 0.29) is 0 Å². The molecule has 0 saturated heterocycles. The van der Waals surface area contributed by atoms with Gasteiger partial charge in [0.15, 0.2) is 5.82 Å². The summed E-state index contributed by atoms with van der Waals surface area (Å²) < 4.78 is 12.4. The molecular formula is C9H13BrFN3. The van der Waals surface area contributed by atoms with Crippen molar-refractivity contribution in [1.29, 1.82) is 0 Å². The Morgan fingerprint density at radius 2 is 2.14 bits per heavy atom. The van der Waals surface area contributed by atoms with Crippen molar-refractivity contribution in [2.24, 2.45) is 0 Å². The third-order valence-corrected chi connectivity index (χ3v) is 2.91. The molecule has 78 valence electrons. The molecule has 14 heavy (non-hydrogen) atoms. The monoisotopic (exact) mass is 261 g/mol. The average molecular weight is 262 g/mol. The highest BCUT2D eigenvalue weighted by Crippen LogP contribution is 2.09. The average Bonchev–Trinajstić information content (AvgIpc) is 2.21. The highest BCUT2D eigenvalue weighted by Gasteiger charge is 2.01. The lowest BCUT2D eigenvalue weighted by molar-refractivity contribution is 0.614. The second-order valence-electron chi connectivity index (χ2n) is 2.95. The Balaban J connectivity index is 2.28. The first kappa shape index (κ1) is 11.4. The zero-order valence-electron chi connectivity index (χ0n) is 8.00. The third-order valence-electron chi connectivity index (χ3n) is 1.80. The smallest absolute Gasteiger partial charge is 0.222 e. The molecule has 0 fully saturated rings. The van der Waals surface area contributed by atoms with Gasteiger partial charge in [-0.1, -0.05) is 22.9 Å². The van der Waals surface area contributed by atoms with Crippen LogP contribution in [-0.2, 0) is 0 Å². The number of hydrogen-bond donors (Lipinski definition) is 1. The minimum absolute atomic E-state index is 0.414. The van der Waals surface area contributed by atoms with Gasteiger partial charge in [-0.3, -0.25) is 0 Å². The summed E-state index contributed by atoms with van der Waals surface area (Å²) in [5, 5.41) is 3.02. The lowest BCUT2D eigenvalue weighted by Gasteiger charge is -2.07. The first-order valence-corrected chi connectivity index (χ1v) is 5.49. The highest BCUT2D eigenvalue weighted by atomic mass is 79.9. The summed E-state index contributed by atoms with van der Waals surface area (Å²) in [5.74, 6) is 0.0599. The van der Waals surface area contributed by atoms with Crippen LogP contribution >= 0.6 is 15.9 Å². The molecule has 1 rings (SSSR count). The van der Waals surface area contributed by atoms with Crippen LogP contribution in [0.15, 0.2) is 12.4 Å². The van der Waals surface area contributed by atoms with Gasteiger partial charge in [-0.05, 0) is 12.8 Å². The Morgan fingerprint density at radius 3 is 2.71 bits per heavy atom. The number of halogens is 2. The fraction of sp³-hybridized carbons (Fsp3) is 0.556. The number of nitrogens with one attached hydrogen (secondary N) is 1. The standard InChI is InChI=1S/C9H13BrFN3/c1-2-7(10)3-4-12-9-13-5-8(11)6-14-9/h5-7H,2-4H2,1H3,(H,12,13,14). The number of aromatic nitrogens is 2. The van der Waals surface area contributed by atoms with Crippen molar-refractivity contribution in [2.75, 3.05) is 11.9 Å². The second kappa shape index (κ2) is 5.90. The van der Waals surface area contributed by atoms with Gasteiger partial charge in [-0.2, -0.15) is 0 Å². The molecule has 1 atom stereocenters. The molecule has 0 aliphatic rings.